The van der Waals surface area contributed by atoms with Gasteiger partial charge in [0.15, 0.2) is 0 Å². The van der Waals surface area contributed by atoms with E-state index in [-0.39, 0.29) is 11.9 Å². The molecule has 0 heterocycles. The summed E-state index contributed by atoms with van der Waals surface area (Å²) in [4.78, 5) is 16.6. The minimum atomic E-state index is -0.120. The Kier molecular flexibility index (Phi) is 3.64. The average molecular weight is 253 g/mol. The third-order valence-corrected chi connectivity index (χ3v) is 4.73. The number of nitrogens with zero attached hydrogens (tertiary/aromatic N) is 1. The molecule has 4 heteroatoms. The van der Waals surface area contributed by atoms with Gasteiger partial charge in [-0.15, -0.1) is 0 Å². The minimum absolute atomic E-state index is 0.120. The molecule has 0 radical (unpaired) electrons. The molecule has 0 unspecified atom stereocenters. The smallest absolute Gasteiger partial charge is 0.306 e. The topological polar surface area (TPSA) is 47.9 Å². The standard InChI is InChI=1S/C14H23NO3/c1-5-18-12(16)7-9-6-10-8-11(14(10,2)3)13(9)15-17-4/h9-11H,5-8H2,1-4H3/b15-13-/t9-,10+,11+/m1/s1. The SMILES string of the molecule is CCOC(=O)C[C@H]1C[C@H]2C[C@@H](/C1=N\OC)C2(C)C. The third kappa shape index (κ3) is 2.13. The van der Waals surface area contributed by atoms with E-state index in [2.05, 4.69) is 19.0 Å². The largest absolute Gasteiger partial charge is 0.466 e. The van der Waals surface area contributed by atoms with Gasteiger partial charge in [-0.1, -0.05) is 19.0 Å². The van der Waals surface area contributed by atoms with Crippen molar-refractivity contribution in [3.05, 3.63) is 0 Å². The number of esters is 1. The quantitative estimate of drug-likeness (QED) is 0.571. The van der Waals surface area contributed by atoms with Gasteiger partial charge in [-0.25, -0.2) is 0 Å². The first-order chi connectivity index (χ1) is 8.50. The molecule has 0 spiro atoms. The number of carbonyl (C=O) groups is 1. The van der Waals surface area contributed by atoms with Crippen LogP contribution >= 0.6 is 0 Å². The molecule has 0 aromatic carbocycles. The molecule has 0 N–H and O–H groups in total. The highest BCUT2D eigenvalue weighted by molar-refractivity contribution is 5.94. The first-order valence-corrected chi connectivity index (χ1v) is 6.77. The maximum atomic E-state index is 11.6. The van der Waals surface area contributed by atoms with Crippen molar-refractivity contribution < 1.29 is 14.4 Å². The third-order valence-electron chi connectivity index (χ3n) is 4.73. The summed E-state index contributed by atoms with van der Waals surface area (Å²) < 4.78 is 5.04. The van der Waals surface area contributed by atoms with E-state index in [0.717, 1.165) is 12.1 Å². The Morgan fingerprint density at radius 2 is 2.17 bits per heavy atom. The van der Waals surface area contributed by atoms with Gasteiger partial charge in [-0.05, 0) is 31.1 Å². The fourth-order valence-corrected chi connectivity index (χ4v) is 3.52. The molecular weight excluding hydrogens is 230 g/mol. The van der Waals surface area contributed by atoms with Crippen LogP contribution in [0.5, 0.6) is 0 Å². The Labute approximate surface area is 109 Å². The molecule has 0 saturated heterocycles. The summed E-state index contributed by atoms with van der Waals surface area (Å²) in [5.41, 5.74) is 1.38. The monoisotopic (exact) mass is 253 g/mol. The molecule has 3 aliphatic carbocycles. The van der Waals surface area contributed by atoms with E-state index in [1.54, 1.807) is 7.11 Å². The van der Waals surface area contributed by atoms with E-state index >= 15 is 0 Å². The molecule has 18 heavy (non-hydrogen) atoms. The molecule has 3 aliphatic rings. The molecule has 102 valence electrons. The lowest BCUT2D eigenvalue weighted by atomic mass is 9.46. The van der Waals surface area contributed by atoms with Crippen LogP contribution in [0.3, 0.4) is 0 Å². The van der Waals surface area contributed by atoms with Gasteiger partial charge >= 0.3 is 5.97 Å². The maximum absolute atomic E-state index is 11.6. The van der Waals surface area contributed by atoms with Crippen LogP contribution in [-0.4, -0.2) is 25.4 Å². The number of carbonyl (C=O) groups excluding carboxylic acids is 1. The Bertz CT molecular complexity index is 362. The van der Waals surface area contributed by atoms with Gasteiger partial charge in [0.05, 0.1) is 18.7 Å². The normalized spacial score (nSPS) is 34.9. The van der Waals surface area contributed by atoms with Crippen molar-refractivity contribution in [1.82, 2.24) is 0 Å². The number of ether oxygens (including phenoxy) is 1. The first-order valence-electron chi connectivity index (χ1n) is 6.77. The predicted molar refractivity (Wildman–Crippen MR) is 69.2 cm³/mol. The van der Waals surface area contributed by atoms with Gasteiger partial charge in [0.2, 0.25) is 0 Å². The predicted octanol–water partition coefficient (Wildman–Crippen LogP) is 2.62. The average Bonchev–Trinajstić information content (AvgIpc) is 2.31. The molecule has 0 amide bonds. The lowest BCUT2D eigenvalue weighted by Gasteiger charge is -2.58. The molecule has 0 aliphatic heterocycles. The summed E-state index contributed by atoms with van der Waals surface area (Å²) in [7, 11) is 1.58. The van der Waals surface area contributed by atoms with Crippen molar-refractivity contribution >= 4 is 11.7 Å². The van der Waals surface area contributed by atoms with E-state index < -0.39 is 0 Å². The van der Waals surface area contributed by atoms with Crippen LogP contribution in [0.4, 0.5) is 0 Å². The number of hydrogen-bond acceptors (Lipinski definition) is 4. The summed E-state index contributed by atoms with van der Waals surface area (Å²) >= 11 is 0. The van der Waals surface area contributed by atoms with Crippen molar-refractivity contribution in [3.8, 4) is 0 Å². The molecule has 2 bridgehead atoms. The van der Waals surface area contributed by atoms with Crippen molar-refractivity contribution in [2.24, 2.45) is 28.3 Å². The number of hydrogen-bond donors (Lipinski definition) is 0. The van der Waals surface area contributed by atoms with Gasteiger partial charge in [0.25, 0.3) is 0 Å². The van der Waals surface area contributed by atoms with Crippen LogP contribution in [0.25, 0.3) is 0 Å². The zero-order valence-corrected chi connectivity index (χ0v) is 11.7. The molecule has 0 aromatic heterocycles. The lowest BCUT2D eigenvalue weighted by molar-refractivity contribution is -0.144. The van der Waals surface area contributed by atoms with Gasteiger partial charge < -0.3 is 9.57 Å². The number of rotatable bonds is 4. The Balaban J connectivity index is 2.08. The van der Waals surface area contributed by atoms with E-state index in [0.29, 0.717) is 30.3 Å². The highest BCUT2D eigenvalue weighted by Crippen LogP contribution is 2.59. The van der Waals surface area contributed by atoms with Crippen molar-refractivity contribution in [3.63, 3.8) is 0 Å². The molecule has 3 rings (SSSR count). The lowest BCUT2D eigenvalue weighted by Crippen LogP contribution is -2.56. The second-order valence-corrected chi connectivity index (χ2v) is 5.95. The highest BCUT2D eigenvalue weighted by Gasteiger charge is 2.56. The molecular formula is C14H23NO3. The molecule has 3 atom stereocenters. The summed E-state index contributed by atoms with van der Waals surface area (Å²) in [5.74, 6) is 1.26. The number of fused-ring (bicyclic) bond motifs is 2. The molecule has 3 fully saturated rings. The molecule has 0 aromatic rings. The van der Waals surface area contributed by atoms with E-state index in [9.17, 15) is 4.79 Å². The van der Waals surface area contributed by atoms with Crippen molar-refractivity contribution in [2.75, 3.05) is 13.7 Å². The summed E-state index contributed by atoms with van der Waals surface area (Å²) in [6.07, 6.45) is 2.66. The Morgan fingerprint density at radius 3 is 2.72 bits per heavy atom. The Hall–Kier alpha value is -1.06. The van der Waals surface area contributed by atoms with E-state index in [1.807, 2.05) is 6.92 Å². The number of oxime groups is 1. The van der Waals surface area contributed by atoms with Gasteiger partial charge in [-0.2, -0.15) is 0 Å². The zero-order valence-electron chi connectivity index (χ0n) is 11.7. The first kappa shape index (κ1) is 13.4. The van der Waals surface area contributed by atoms with Crippen molar-refractivity contribution in [2.45, 2.75) is 40.0 Å². The summed E-state index contributed by atoms with van der Waals surface area (Å²) in [5, 5.41) is 4.20. The molecule has 3 saturated carbocycles. The van der Waals surface area contributed by atoms with Crippen molar-refractivity contribution in [1.29, 1.82) is 0 Å². The van der Waals surface area contributed by atoms with Gasteiger partial charge in [0.1, 0.15) is 7.11 Å². The van der Waals surface area contributed by atoms with Crippen LogP contribution in [0, 0.1) is 23.2 Å². The van der Waals surface area contributed by atoms with Crippen LogP contribution in [0.1, 0.15) is 40.0 Å². The van der Waals surface area contributed by atoms with Crippen LogP contribution < -0.4 is 0 Å². The van der Waals surface area contributed by atoms with E-state index in [1.165, 1.54) is 6.42 Å². The second kappa shape index (κ2) is 4.90. The van der Waals surface area contributed by atoms with Crippen LogP contribution in [-0.2, 0) is 14.4 Å². The fourth-order valence-electron chi connectivity index (χ4n) is 3.52. The summed E-state index contributed by atoms with van der Waals surface area (Å²) in [6.45, 7) is 6.86. The molecule has 4 nitrogen and oxygen atoms in total. The fraction of sp³-hybridized carbons (Fsp3) is 0.857. The zero-order chi connectivity index (χ0) is 13.3. The second-order valence-electron chi connectivity index (χ2n) is 5.95. The van der Waals surface area contributed by atoms with Gasteiger partial charge in [-0.3, -0.25) is 4.79 Å². The van der Waals surface area contributed by atoms with Crippen LogP contribution in [0.2, 0.25) is 0 Å². The van der Waals surface area contributed by atoms with Crippen LogP contribution in [0.15, 0.2) is 5.16 Å². The van der Waals surface area contributed by atoms with E-state index in [4.69, 9.17) is 9.57 Å². The maximum Gasteiger partial charge on any atom is 0.306 e. The Morgan fingerprint density at radius 1 is 1.44 bits per heavy atom. The summed E-state index contributed by atoms with van der Waals surface area (Å²) in [6, 6.07) is 0. The van der Waals surface area contributed by atoms with Gasteiger partial charge in [0, 0.05) is 11.8 Å². The minimum Gasteiger partial charge on any atom is -0.466 e. The highest BCUT2D eigenvalue weighted by atomic mass is 16.6.